The quantitative estimate of drug-likeness (QED) is 0.613. The van der Waals surface area contributed by atoms with Gasteiger partial charge in [0.1, 0.15) is 5.75 Å². The molecule has 0 fully saturated rings. The van der Waals surface area contributed by atoms with E-state index in [-0.39, 0.29) is 5.91 Å². The minimum absolute atomic E-state index is 0.0317. The zero-order valence-electron chi connectivity index (χ0n) is 13.3. The van der Waals surface area contributed by atoms with Crippen LogP contribution in [-0.4, -0.2) is 25.6 Å². The Bertz CT molecular complexity index is 408. The number of para-hydroxylation sites is 2. The van der Waals surface area contributed by atoms with Crippen molar-refractivity contribution in [2.75, 3.05) is 25.0 Å². The zero-order chi connectivity index (χ0) is 15.3. The summed E-state index contributed by atoms with van der Waals surface area (Å²) in [5, 5.41) is 6.06. The molecule has 4 nitrogen and oxygen atoms in total. The van der Waals surface area contributed by atoms with Crippen LogP contribution in [0.3, 0.4) is 0 Å². The van der Waals surface area contributed by atoms with Gasteiger partial charge in [0.25, 0.3) is 0 Å². The summed E-state index contributed by atoms with van der Waals surface area (Å²) in [5.41, 5.74) is 0.731. The maximum Gasteiger partial charge on any atom is 0.238 e. The van der Waals surface area contributed by atoms with Crippen LogP contribution in [0.25, 0.3) is 0 Å². The Kier molecular flexibility index (Phi) is 9.29. The molecule has 0 unspecified atom stereocenters. The number of rotatable bonds is 11. The van der Waals surface area contributed by atoms with E-state index in [4.69, 9.17) is 4.74 Å². The van der Waals surface area contributed by atoms with Crippen molar-refractivity contribution < 1.29 is 9.53 Å². The van der Waals surface area contributed by atoms with Crippen molar-refractivity contribution in [3.8, 4) is 5.75 Å². The number of hydrogen-bond acceptors (Lipinski definition) is 3. The molecule has 4 heteroatoms. The van der Waals surface area contributed by atoms with Gasteiger partial charge < -0.3 is 15.4 Å². The van der Waals surface area contributed by atoms with Crippen LogP contribution in [0.5, 0.6) is 5.75 Å². The van der Waals surface area contributed by atoms with Crippen molar-refractivity contribution in [1.29, 1.82) is 0 Å². The molecule has 0 saturated carbocycles. The molecule has 2 N–H and O–H groups in total. The number of nitrogens with one attached hydrogen (secondary N) is 2. The smallest absolute Gasteiger partial charge is 0.238 e. The number of amides is 1. The first kappa shape index (κ1) is 17.5. The van der Waals surface area contributed by atoms with E-state index in [0.717, 1.165) is 18.7 Å². The van der Waals surface area contributed by atoms with Gasteiger partial charge >= 0.3 is 0 Å². The lowest BCUT2D eigenvalue weighted by atomic mass is 10.1. The third-order valence-corrected chi connectivity index (χ3v) is 3.20. The molecule has 1 rings (SSSR count). The molecule has 1 aromatic rings. The molecule has 0 atom stereocenters. The average molecular weight is 292 g/mol. The molecular formula is C17H28N2O2. The van der Waals surface area contributed by atoms with Gasteiger partial charge in [0, 0.05) is 0 Å². The lowest BCUT2D eigenvalue weighted by molar-refractivity contribution is -0.115. The van der Waals surface area contributed by atoms with Crippen LogP contribution < -0.4 is 15.4 Å². The van der Waals surface area contributed by atoms with Gasteiger partial charge in [-0.1, -0.05) is 44.7 Å². The molecule has 0 aliphatic carbocycles. The van der Waals surface area contributed by atoms with Gasteiger partial charge in [-0.25, -0.2) is 0 Å². The number of ether oxygens (including phenoxy) is 1. The fourth-order valence-electron chi connectivity index (χ4n) is 2.10. The van der Waals surface area contributed by atoms with E-state index in [0.29, 0.717) is 18.9 Å². The van der Waals surface area contributed by atoms with E-state index in [1.807, 2.05) is 31.2 Å². The van der Waals surface area contributed by atoms with Crippen molar-refractivity contribution in [2.24, 2.45) is 0 Å². The summed E-state index contributed by atoms with van der Waals surface area (Å²) in [6.07, 6.45) is 6.20. The number of anilines is 1. The van der Waals surface area contributed by atoms with Crippen molar-refractivity contribution in [1.82, 2.24) is 5.32 Å². The maximum absolute atomic E-state index is 11.9. The molecule has 0 heterocycles. The normalized spacial score (nSPS) is 10.4. The van der Waals surface area contributed by atoms with E-state index in [2.05, 4.69) is 17.6 Å². The van der Waals surface area contributed by atoms with Gasteiger partial charge in [-0.15, -0.1) is 0 Å². The zero-order valence-corrected chi connectivity index (χ0v) is 13.3. The monoisotopic (exact) mass is 292 g/mol. The number of hydrogen-bond donors (Lipinski definition) is 2. The number of unbranched alkanes of at least 4 members (excludes halogenated alkanes) is 4. The Balaban J connectivity index is 2.21. The Hall–Kier alpha value is -1.55. The summed E-state index contributed by atoms with van der Waals surface area (Å²) >= 11 is 0. The maximum atomic E-state index is 11.9. The molecule has 0 aliphatic rings. The van der Waals surface area contributed by atoms with Gasteiger partial charge in [-0.2, -0.15) is 0 Å². The highest BCUT2D eigenvalue weighted by atomic mass is 16.5. The fourth-order valence-corrected chi connectivity index (χ4v) is 2.10. The first-order valence-corrected chi connectivity index (χ1v) is 8.00. The third kappa shape index (κ3) is 7.71. The van der Waals surface area contributed by atoms with Gasteiger partial charge in [0.2, 0.25) is 5.91 Å². The summed E-state index contributed by atoms with van der Waals surface area (Å²) in [6, 6.07) is 7.50. The van der Waals surface area contributed by atoms with Crippen molar-refractivity contribution in [3.63, 3.8) is 0 Å². The van der Waals surface area contributed by atoms with Gasteiger partial charge in [-0.3, -0.25) is 4.79 Å². The Morgan fingerprint density at radius 1 is 1.10 bits per heavy atom. The van der Waals surface area contributed by atoms with Crippen LogP contribution in [-0.2, 0) is 4.79 Å². The second kappa shape index (κ2) is 11.1. The van der Waals surface area contributed by atoms with Crippen molar-refractivity contribution >= 4 is 11.6 Å². The van der Waals surface area contributed by atoms with E-state index in [9.17, 15) is 4.79 Å². The summed E-state index contributed by atoms with van der Waals surface area (Å²) in [7, 11) is 0. The first-order valence-electron chi connectivity index (χ1n) is 8.00. The van der Waals surface area contributed by atoms with Crippen LogP contribution >= 0.6 is 0 Å². The SMILES string of the molecule is CCCCCCCNCC(=O)Nc1ccccc1OCC. The van der Waals surface area contributed by atoms with Gasteiger partial charge in [0.05, 0.1) is 18.8 Å². The number of carbonyl (C=O) groups is 1. The minimum atomic E-state index is -0.0317. The van der Waals surface area contributed by atoms with E-state index >= 15 is 0 Å². The van der Waals surface area contributed by atoms with Crippen LogP contribution in [0, 0.1) is 0 Å². The predicted molar refractivity (Wildman–Crippen MR) is 87.9 cm³/mol. The standard InChI is InChI=1S/C17H28N2O2/c1-3-5-6-7-10-13-18-14-17(20)19-15-11-8-9-12-16(15)21-4-2/h8-9,11-12,18H,3-7,10,13-14H2,1-2H3,(H,19,20). The number of benzene rings is 1. The Morgan fingerprint density at radius 2 is 1.86 bits per heavy atom. The number of carbonyl (C=O) groups excluding carboxylic acids is 1. The average Bonchev–Trinajstić information content (AvgIpc) is 2.48. The molecule has 0 spiro atoms. The predicted octanol–water partition coefficient (Wildman–Crippen LogP) is 3.58. The lowest BCUT2D eigenvalue weighted by Crippen LogP contribution is -2.28. The second-order valence-corrected chi connectivity index (χ2v) is 5.07. The second-order valence-electron chi connectivity index (χ2n) is 5.07. The fraction of sp³-hybridized carbons (Fsp3) is 0.588. The molecular weight excluding hydrogens is 264 g/mol. The molecule has 0 saturated heterocycles. The highest BCUT2D eigenvalue weighted by Crippen LogP contribution is 2.23. The first-order chi connectivity index (χ1) is 10.3. The van der Waals surface area contributed by atoms with E-state index in [1.54, 1.807) is 0 Å². The van der Waals surface area contributed by atoms with Crippen LogP contribution in [0.15, 0.2) is 24.3 Å². The summed E-state index contributed by atoms with van der Waals surface area (Å²) in [6.45, 7) is 5.96. The molecule has 1 aromatic carbocycles. The third-order valence-electron chi connectivity index (χ3n) is 3.20. The summed E-state index contributed by atoms with van der Waals surface area (Å²) in [5.74, 6) is 0.684. The van der Waals surface area contributed by atoms with Gasteiger partial charge in [-0.05, 0) is 32.0 Å². The van der Waals surface area contributed by atoms with Gasteiger partial charge in [0.15, 0.2) is 0 Å². The molecule has 0 aliphatic heterocycles. The Labute approximate surface area is 128 Å². The molecule has 0 aromatic heterocycles. The molecule has 21 heavy (non-hydrogen) atoms. The molecule has 1 amide bonds. The van der Waals surface area contributed by atoms with E-state index in [1.165, 1.54) is 25.7 Å². The van der Waals surface area contributed by atoms with E-state index < -0.39 is 0 Å². The van der Waals surface area contributed by atoms with Crippen LogP contribution in [0.1, 0.15) is 46.0 Å². The lowest BCUT2D eigenvalue weighted by Gasteiger charge is -2.11. The Morgan fingerprint density at radius 3 is 2.62 bits per heavy atom. The molecule has 0 bridgehead atoms. The van der Waals surface area contributed by atoms with Crippen molar-refractivity contribution in [3.05, 3.63) is 24.3 Å². The molecule has 0 radical (unpaired) electrons. The van der Waals surface area contributed by atoms with Crippen LogP contribution in [0.4, 0.5) is 5.69 Å². The van der Waals surface area contributed by atoms with Crippen LogP contribution in [0.2, 0.25) is 0 Å². The highest BCUT2D eigenvalue weighted by Gasteiger charge is 2.06. The molecule has 118 valence electrons. The highest BCUT2D eigenvalue weighted by molar-refractivity contribution is 5.93. The van der Waals surface area contributed by atoms with Crippen molar-refractivity contribution in [2.45, 2.75) is 46.0 Å². The summed E-state index contributed by atoms with van der Waals surface area (Å²) in [4.78, 5) is 11.9. The largest absolute Gasteiger partial charge is 0.492 e. The minimum Gasteiger partial charge on any atom is -0.492 e. The summed E-state index contributed by atoms with van der Waals surface area (Å²) < 4.78 is 5.48. The topological polar surface area (TPSA) is 50.4 Å².